The van der Waals surface area contributed by atoms with Crippen LogP contribution >= 0.6 is 0 Å². The summed E-state index contributed by atoms with van der Waals surface area (Å²) in [5.41, 5.74) is 2.17. The van der Waals surface area contributed by atoms with E-state index in [0.717, 1.165) is 24.2 Å². The number of urea groups is 1. The summed E-state index contributed by atoms with van der Waals surface area (Å²) < 4.78 is 5.30. The standard InChI is InChI=1S/C22H28N4O3/c1-26(2)20(15-6-5-9-19(13-15)29-3)14-23-22(28)25-18-8-4-7-16(12-18)21(27)24-17-10-11-17/h4-9,12-13,17,20H,10-11,14H2,1-3H3,(H,24,27)(H2,23,25,28). The van der Waals surface area contributed by atoms with Crippen LogP contribution in [0.4, 0.5) is 10.5 Å². The number of likely N-dealkylation sites (N-methyl/N-ethyl adjacent to an activating group) is 1. The Balaban J connectivity index is 1.58. The highest BCUT2D eigenvalue weighted by atomic mass is 16.5. The van der Waals surface area contributed by atoms with Gasteiger partial charge in [0.05, 0.1) is 13.2 Å². The van der Waals surface area contributed by atoms with Gasteiger partial charge >= 0.3 is 6.03 Å². The molecule has 1 atom stereocenters. The summed E-state index contributed by atoms with van der Waals surface area (Å²) in [6, 6.07) is 14.7. The van der Waals surface area contributed by atoms with Crippen molar-refractivity contribution in [2.75, 3.05) is 33.1 Å². The van der Waals surface area contributed by atoms with Gasteiger partial charge < -0.3 is 25.6 Å². The zero-order valence-corrected chi connectivity index (χ0v) is 17.1. The lowest BCUT2D eigenvalue weighted by Crippen LogP contribution is -2.37. The minimum Gasteiger partial charge on any atom is -0.497 e. The van der Waals surface area contributed by atoms with E-state index in [0.29, 0.717) is 23.8 Å². The summed E-state index contributed by atoms with van der Waals surface area (Å²) >= 11 is 0. The number of amides is 3. The van der Waals surface area contributed by atoms with Crippen LogP contribution in [0.15, 0.2) is 48.5 Å². The molecule has 29 heavy (non-hydrogen) atoms. The van der Waals surface area contributed by atoms with Crippen molar-refractivity contribution < 1.29 is 14.3 Å². The maximum atomic E-state index is 12.4. The van der Waals surface area contributed by atoms with Crippen LogP contribution in [0, 0.1) is 0 Å². The molecule has 0 spiro atoms. The Hall–Kier alpha value is -3.06. The number of ether oxygens (including phenoxy) is 1. The van der Waals surface area contributed by atoms with Crippen LogP contribution in [0.5, 0.6) is 5.75 Å². The van der Waals surface area contributed by atoms with Crippen molar-refractivity contribution in [1.29, 1.82) is 0 Å². The van der Waals surface area contributed by atoms with E-state index in [2.05, 4.69) is 16.0 Å². The molecule has 7 nitrogen and oxygen atoms in total. The van der Waals surface area contributed by atoms with Gasteiger partial charge in [0.25, 0.3) is 5.91 Å². The molecular formula is C22H28N4O3. The Labute approximate surface area is 171 Å². The average molecular weight is 396 g/mol. The Bertz CT molecular complexity index is 865. The largest absolute Gasteiger partial charge is 0.497 e. The van der Waals surface area contributed by atoms with Crippen molar-refractivity contribution in [3.05, 3.63) is 59.7 Å². The van der Waals surface area contributed by atoms with Gasteiger partial charge in [-0.3, -0.25) is 4.79 Å². The number of benzene rings is 2. The fourth-order valence-corrected chi connectivity index (χ4v) is 3.05. The highest BCUT2D eigenvalue weighted by Crippen LogP contribution is 2.22. The summed E-state index contributed by atoms with van der Waals surface area (Å²) in [5, 5.41) is 8.66. The molecule has 0 aromatic heterocycles. The van der Waals surface area contributed by atoms with Gasteiger partial charge in [0.1, 0.15) is 5.75 Å². The van der Waals surface area contributed by atoms with Gasteiger partial charge in [0, 0.05) is 23.8 Å². The number of hydrogen-bond acceptors (Lipinski definition) is 4. The van der Waals surface area contributed by atoms with E-state index in [4.69, 9.17) is 4.74 Å². The number of rotatable bonds is 8. The Morgan fingerprint density at radius 3 is 2.59 bits per heavy atom. The molecule has 154 valence electrons. The molecule has 0 bridgehead atoms. The summed E-state index contributed by atoms with van der Waals surface area (Å²) in [4.78, 5) is 26.6. The van der Waals surface area contributed by atoms with Gasteiger partial charge in [-0.1, -0.05) is 18.2 Å². The van der Waals surface area contributed by atoms with E-state index in [1.807, 2.05) is 43.3 Å². The number of hydrogen-bond donors (Lipinski definition) is 3. The molecule has 1 saturated carbocycles. The maximum Gasteiger partial charge on any atom is 0.319 e. The predicted molar refractivity (Wildman–Crippen MR) is 113 cm³/mol. The fraction of sp³-hybridized carbons (Fsp3) is 0.364. The van der Waals surface area contributed by atoms with Gasteiger partial charge in [0.15, 0.2) is 0 Å². The molecule has 1 aliphatic carbocycles. The second-order valence-corrected chi connectivity index (χ2v) is 7.42. The third kappa shape index (κ3) is 5.96. The molecule has 2 aromatic carbocycles. The molecular weight excluding hydrogens is 368 g/mol. The van der Waals surface area contributed by atoms with Gasteiger partial charge in [-0.15, -0.1) is 0 Å². The zero-order chi connectivity index (χ0) is 20.8. The topological polar surface area (TPSA) is 82.7 Å². The highest BCUT2D eigenvalue weighted by Gasteiger charge is 2.24. The van der Waals surface area contributed by atoms with E-state index in [9.17, 15) is 9.59 Å². The quantitative estimate of drug-likeness (QED) is 0.641. The molecule has 2 aromatic rings. The molecule has 1 fully saturated rings. The SMILES string of the molecule is COc1cccc(C(CNC(=O)Nc2cccc(C(=O)NC3CC3)c2)N(C)C)c1. The normalized spacial score (nSPS) is 14.2. The van der Waals surface area contributed by atoms with E-state index in [1.165, 1.54) is 0 Å². The summed E-state index contributed by atoms with van der Waals surface area (Å²) in [7, 11) is 5.56. The van der Waals surface area contributed by atoms with Crippen LogP contribution in [0.1, 0.15) is 34.8 Å². The lowest BCUT2D eigenvalue weighted by molar-refractivity contribution is 0.0951. The number of nitrogens with zero attached hydrogens (tertiary/aromatic N) is 1. The number of nitrogens with one attached hydrogen (secondary N) is 3. The Morgan fingerprint density at radius 2 is 1.90 bits per heavy atom. The van der Waals surface area contributed by atoms with Gasteiger partial charge in [-0.05, 0) is 62.8 Å². The van der Waals surface area contributed by atoms with E-state index >= 15 is 0 Å². The Kier molecular flexibility index (Phi) is 6.72. The first-order chi connectivity index (χ1) is 14.0. The first kappa shape index (κ1) is 20.7. The van der Waals surface area contributed by atoms with Crippen molar-refractivity contribution in [3.63, 3.8) is 0 Å². The number of methoxy groups -OCH3 is 1. The van der Waals surface area contributed by atoms with Crippen LogP contribution in [-0.4, -0.2) is 50.6 Å². The fourth-order valence-electron chi connectivity index (χ4n) is 3.05. The minimum absolute atomic E-state index is 0.00787. The third-order valence-electron chi connectivity index (χ3n) is 4.85. The van der Waals surface area contributed by atoms with Crippen molar-refractivity contribution in [1.82, 2.24) is 15.5 Å². The first-order valence-corrected chi connectivity index (χ1v) is 9.72. The van der Waals surface area contributed by atoms with Gasteiger partial charge in [-0.2, -0.15) is 0 Å². The van der Waals surface area contributed by atoms with Crippen LogP contribution < -0.4 is 20.7 Å². The number of carbonyl (C=O) groups is 2. The van der Waals surface area contributed by atoms with Gasteiger partial charge in [0.2, 0.25) is 0 Å². The third-order valence-corrected chi connectivity index (χ3v) is 4.85. The van der Waals surface area contributed by atoms with Crippen LogP contribution in [-0.2, 0) is 0 Å². The lowest BCUT2D eigenvalue weighted by Gasteiger charge is -2.25. The zero-order valence-electron chi connectivity index (χ0n) is 17.1. The van der Waals surface area contributed by atoms with Crippen LogP contribution in [0.2, 0.25) is 0 Å². The predicted octanol–water partition coefficient (Wildman–Crippen LogP) is 3.01. The summed E-state index contributed by atoms with van der Waals surface area (Å²) in [6.45, 7) is 0.424. The first-order valence-electron chi connectivity index (χ1n) is 9.72. The molecule has 0 radical (unpaired) electrons. The molecule has 3 rings (SSSR count). The van der Waals surface area contributed by atoms with Crippen molar-refractivity contribution >= 4 is 17.6 Å². The molecule has 7 heteroatoms. The Morgan fingerprint density at radius 1 is 1.14 bits per heavy atom. The lowest BCUT2D eigenvalue weighted by atomic mass is 10.1. The molecule has 0 saturated heterocycles. The van der Waals surface area contributed by atoms with E-state index < -0.39 is 0 Å². The number of anilines is 1. The molecule has 1 unspecified atom stereocenters. The monoisotopic (exact) mass is 396 g/mol. The number of carbonyl (C=O) groups excluding carboxylic acids is 2. The smallest absolute Gasteiger partial charge is 0.319 e. The highest BCUT2D eigenvalue weighted by molar-refractivity contribution is 5.97. The second kappa shape index (κ2) is 9.43. The minimum atomic E-state index is -0.320. The maximum absolute atomic E-state index is 12.4. The molecule has 1 aliphatic rings. The second-order valence-electron chi connectivity index (χ2n) is 7.42. The van der Waals surface area contributed by atoms with E-state index in [1.54, 1.807) is 31.4 Å². The molecule has 3 N–H and O–H groups in total. The average Bonchev–Trinajstić information content (AvgIpc) is 3.52. The van der Waals surface area contributed by atoms with Crippen molar-refractivity contribution in [3.8, 4) is 5.75 Å². The van der Waals surface area contributed by atoms with Crippen molar-refractivity contribution in [2.45, 2.75) is 24.9 Å². The summed E-state index contributed by atoms with van der Waals surface area (Å²) in [5.74, 6) is 0.669. The van der Waals surface area contributed by atoms with Crippen LogP contribution in [0.3, 0.4) is 0 Å². The summed E-state index contributed by atoms with van der Waals surface area (Å²) in [6.07, 6.45) is 2.07. The molecule has 0 heterocycles. The van der Waals surface area contributed by atoms with Crippen molar-refractivity contribution in [2.24, 2.45) is 0 Å². The molecule has 0 aliphatic heterocycles. The van der Waals surface area contributed by atoms with E-state index in [-0.39, 0.29) is 18.0 Å². The molecule has 3 amide bonds. The van der Waals surface area contributed by atoms with Gasteiger partial charge in [-0.25, -0.2) is 4.79 Å². The van der Waals surface area contributed by atoms with Crippen LogP contribution in [0.25, 0.3) is 0 Å².